The number of carbonyl (C=O) groups is 1. The highest BCUT2D eigenvalue weighted by Crippen LogP contribution is 2.27. The first-order valence-corrected chi connectivity index (χ1v) is 9.73. The highest BCUT2D eigenvalue weighted by atomic mass is 79.9. The molecule has 1 aromatic carbocycles. The van der Waals surface area contributed by atoms with Gasteiger partial charge in [-0.05, 0) is 47.0 Å². The lowest BCUT2D eigenvalue weighted by Gasteiger charge is -2.23. The summed E-state index contributed by atoms with van der Waals surface area (Å²) in [6.07, 6.45) is 1.46. The molecule has 124 valence electrons. The first kappa shape index (κ1) is 19.1. The van der Waals surface area contributed by atoms with Crippen LogP contribution in [0.3, 0.4) is 0 Å². The third-order valence-electron chi connectivity index (χ3n) is 3.20. The molecule has 1 amide bonds. The Morgan fingerprint density at radius 2 is 2.05 bits per heavy atom. The number of anilines is 1. The van der Waals surface area contributed by atoms with Crippen LogP contribution in [0.5, 0.6) is 0 Å². The monoisotopic (exact) mass is 390 g/mol. The predicted molar refractivity (Wildman–Crippen MR) is 93.6 cm³/mol. The van der Waals surface area contributed by atoms with E-state index in [9.17, 15) is 13.2 Å². The van der Waals surface area contributed by atoms with Crippen LogP contribution in [-0.2, 0) is 14.8 Å². The van der Waals surface area contributed by atoms with E-state index >= 15 is 0 Å². The van der Waals surface area contributed by atoms with Crippen molar-refractivity contribution < 1.29 is 13.2 Å². The second-order valence-electron chi connectivity index (χ2n) is 5.19. The predicted octanol–water partition coefficient (Wildman–Crippen LogP) is 2.83. The van der Waals surface area contributed by atoms with Crippen LogP contribution in [0.2, 0.25) is 0 Å². The molecule has 0 aliphatic rings. The van der Waals surface area contributed by atoms with E-state index in [1.165, 1.54) is 6.92 Å². The first-order chi connectivity index (χ1) is 10.3. The number of benzene rings is 1. The van der Waals surface area contributed by atoms with E-state index in [2.05, 4.69) is 20.7 Å². The Balaban J connectivity index is 2.72. The molecule has 0 radical (unpaired) electrons. The number of amides is 1. The molecule has 1 aromatic rings. The second kappa shape index (κ2) is 8.64. The van der Waals surface area contributed by atoms with Gasteiger partial charge in [0.2, 0.25) is 15.9 Å². The third kappa shape index (κ3) is 6.06. The van der Waals surface area contributed by atoms with E-state index in [1.54, 1.807) is 4.90 Å². The number of aryl methyl sites for hydroxylation is 1. The number of hydrogen-bond donors (Lipinski definition) is 1. The number of nitrogens with one attached hydrogen (secondary N) is 1. The average molecular weight is 391 g/mol. The molecule has 7 heteroatoms. The van der Waals surface area contributed by atoms with Gasteiger partial charge in [-0.3, -0.25) is 4.79 Å². The Labute approximate surface area is 141 Å². The molecular weight excluding hydrogens is 368 g/mol. The SMILES string of the molecule is CCCCS(=O)(=O)NCCN(C(C)=O)c1ccc(C)cc1Br. The molecule has 22 heavy (non-hydrogen) atoms. The molecule has 0 bridgehead atoms. The quantitative estimate of drug-likeness (QED) is 0.741. The number of nitrogens with zero attached hydrogens (tertiary/aromatic N) is 1. The molecule has 0 spiro atoms. The molecule has 0 saturated carbocycles. The highest BCUT2D eigenvalue weighted by Gasteiger charge is 2.16. The number of hydrogen-bond acceptors (Lipinski definition) is 3. The van der Waals surface area contributed by atoms with Gasteiger partial charge in [-0.2, -0.15) is 0 Å². The van der Waals surface area contributed by atoms with Gasteiger partial charge in [-0.1, -0.05) is 19.4 Å². The molecule has 0 unspecified atom stereocenters. The van der Waals surface area contributed by atoms with Crippen LogP contribution in [0, 0.1) is 6.92 Å². The lowest BCUT2D eigenvalue weighted by molar-refractivity contribution is -0.116. The van der Waals surface area contributed by atoms with E-state index in [0.29, 0.717) is 13.0 Å². The Morgan fingerprint density at radius 1 is 1.36 bits per heavy atom. The minimum absolute atomic E-state index is 0.123. The number of rotatable bonds is 8. The normalized spacial score (nSPS) is 11.5. The van der Waals surface area contributed by atoms with Gasteiger partial charge in [0.25, 0.3) is 0 Å². The summed E-state index contributed by atoms with van der Waals surface area (Å²) in [5.74, 6) is -0.00468. The minimum Gasteiger partial charge on any atom is -0.310 e. The molecule has 0 aliphatic carbocycles. The standard InChI is InChI=1S/C15H23BrN2O3S/c1-4-5-10-22(20,21)17-8-9-18(13(3)19)15-7-6-12(2)11-14(15)16/h6-7,11,17H,4-5,8-10H2,1-3H3. The summed E-state index contributed by atoms with van der Waals surface area (Å²) in [6, 6.07) is 5.70. The fraction of sp³-hybridized carbons (Fsp3) is 0.533. The van der Waals surface area contributed by atoms with Crippen molar-refractivity contribution in [3.05, 3.63) is 28.2 Å². The van der Waals surface area contributed by atoms with Crippen LogP contribution >= 0.6 is 15.9 Å². The molecule has 0 atom stereocenters. The van der Waals surface area contributed by atoms with Gasteiger partial charge in [0, 0.05) is 24.5 Å². The fourth-order valence-electron chi connectivity index (χ4n) is 2.00. The fourth-order valence-corrected chi connectivity index (χ4v) is 3.92. The zero-order chi connectivity index (χ0) is 16.8. The van der Waals surface area contributed by atoms with Gasteiger partial charge in [0.1, 0.15) is 0 Å². The largest absolute Gasteiger partial charge is 0.310 e. The zero-order valence-electron chi connectivity index (χ0n) is 13.2. The number of unbranched alkanes of at least 4 members (excludes halogenated alkanes) is 1. The lowest BCUT2D eigenvalue weighted by atomic mass is 10.2. The average Bonchev–Trinajstić information content (AvgIpc) is 2.42. The summed E-state index contributed by atoms with van der Waals surface area (Å²) in [6.45, 7) is 5.88. The summed E-state index contributed by atoms with van der Waals surface area (Å²) in [7, 11) is -3.26. The van der Waals surface area contributed by atoms with Crippen molar-refractivity contribution in [2.45, 2.75) is 33.6 Å². The Morgan fingerprint density at radius 3 is 2.59 bits per heavy atom. The number of carbonyl (C=O) groups excluding carboxylic acids is 1. The van der Waals surface area contributed by atoms with Gasteiger partial charge in [-0.25, -0.2) is 13.1 Å². The maximum Gasteiger partial charge on any atom is 0.223 e. The minimum atomic E-state index is -3.26. The third-order valence-corrected chi connectivity index (χ3v) is 5.30. The summed E-state index contributed by atoms with van der Waals surface area (Å²) >= 11 is 3.45. The van der Waals surface area contributed by atoms with E-state index in [4.69, 9.17) is 0 Å². The number of halogens is 1. The van der Waals surface area contributed by atoms with Crippen LogP contribution in [0.4, 0.5) is 5.69 Å². The van der Waals surface area contributed by atoms with E-state index in [1.807, 2.05) is 32.0 Å². The van der Waals surface area contributed by atoms with E-state index in [0.717, 1.165) is 22.1 Å². The van der Waals surface area contributed by atoms with Crippen LogP contribution in [0.15, 0.2) is 22.7 Å². The van der Waals surface area contributed by atoms with Gasteiger partial charge in [0.05, 0.1) is 11.4 Å². The maximum absolute atomic E-state index is 11.8. The maximum atomic E-state index is 11.8. The van der Waals surface area contributed by atoms with Crippen LogP contribution < -0.4 is 9.62 Å². The molecule has 0 heterocycles. The molecule has 0 aliphatic heterocycles. The summed E-state index contributed by atoms with van der Waals surface area (Å²) in [5.41, 5.74) is 1.82. The van der Waals surface area contributed by atoms with Gasteiger partial charge >= 0.3 is 0 Å². The molecule has 5 nitrogen and oxygen atoms in total. The first-order valence-electron chi connectivity index (χ1n) is 7.28. The molecular formula is C15H23BrN2O3S. The van der Waals surface area contributed by atoms with Crippen molar-refractivity contribution in [1.82, 2.24) is 4.72 Å². The molecule has 1 N–H and O–H groups in total. The summed E-state index contributed by atoms with van der Waals surface area (Å²) in [5, 5.41) is 0. The zero-order valence-corrected chi connectivity index (χ0v) is 15.6. The van der Waals surface area contributed by atoms with E-state index < -0.39 is 10.0 Å². The van der Waals surface area contributed by atoms with Gasteiger partial charge in [0.15, 0.2) is 0 Å². The molecule has 1 rings (SSSR count). The lowest BCUT2D eigenvalue weighted by Crippen LogP contribution is -2.38. The molecule has 0 aromatic heterocycles. The van der Waals surface area contributed by atoms with Crippen LogP contribution in [-0.4, -0.2) is 33.2 Å². The van der Waals surface area contributed by atoms with Crippen molar-refractivity contribution in [2.24, 2.45) is 0 Å². The van der Waals surface area contributed by atoms with Crippen molar-refractivity contribution in [1.29, 1.82) is 0 Å². The Kier molecular flexibility index (Phi) is 7.52. The Bertz CT molecular complexity index is 617. The number of sulfonamides is 1. The second-order valence-corrected chi connectivity index (χ2v) is 7.97. The van der Waals surface area contributed by atoms with Crippen molar-refractivity contribution in [3.63, 3.8) is 0 Å². The van der Waals surface area contributed by atoms with Gasteiger partial charge < -0.3 is 4.90 Å². The topological polar surface area (TPSA) is 66.5 Å². The van der Waals surface area contributed by atoms with E-state index in [-0.39, 0.29) is 18.2 Å². The van der Waals surface area contributed by atoms with Crippen molar-refractivity contribution in [2.75, 3.05) is 23.7 Å². The Hall–Kier alpha value is -0.920. The summed E-state index contributed by atoms with van der Waals surface area (Å²) < 4.78 is 26.9. The van der Waals surface area contributed by atoms with Crippen LogP contribution in [0.25, 0.3) is 0 Å². The van der Waals surface area contributed by atoms with Crippen molar-refractivity contribution in [3.8, 4) is 0 Å². The molecule has 0 saturated heterocycles. The van der Waals surface area contributed by atoms with Gasteiger partial charge in [-0.15, -0.1) is 0 Å². The van der Waals surface area contributed by atoms with Crippen LogP contribution in [0.1, 0.15) is 32.3 Å². The summed E-state index contributed by atoms with van der Waals surface area (Å²) in [4.78, 5) is 13.4. The highest BCUT2D eigenvalue weighted by molar-refractivity contribution is 9.10. The molecule has 0 fully saturated rings. The van der Waals surface area contributed by atoms with Crippen molar-refractivity contribution >= 4 is 37.5 Å². The smallest absolute Gasteiger partial charge is 0.223 e.